The average Bonchev–Trinajstić information content (AvgIpc) is 3.00. The Balaban J connectivity index is 1.24. The van der Waals surface area contributed by atoms with Crippen molar-refractivity contribution >= 4 is 5.69 Å². The molecule has 0 bridgehead atoms. The fraction of sp³-hybridized carbons (Fsp3) is 0.471. The first-order chi connectivity index (χ1) is 19.5. The third-order valence-electron chi connectivity index (χ3n) is 8.64. The van der Waals surface area contributed by atoms with E-state index in [2.05, 4.69) is 72.3 Å². The number of methoxy groups -OCH3 is 1. The summed E-state index contributed by atoms with van der Waals surface area (Å²) in [6, 6.07) is 21.5. The Hall–Kier alpha value is -3.22. The summed E-state index contributed by atoms with van der Waals surface area (Å²) in [6.07, 6.45) is 5.25. The minimum absolute atomic E-state index is 0.359. The highest BCUT2D eigenvalue weighted by molar-refractivity contribution is 5.60. The number of aryl methyl sites for hydroxylation is 1. The maximum atomic E-state index is 9.91. The molecule has 5 rings (SSSR count). The molecule has 0 unspecified atom stereocenters. The first kappa shape index (κ1) is 28.3. The molecule has 1 atom stereocenters. The van der Waals surface area contributed by atoms with E-state index in [1.54, 1.807) is 7.11 Å². The van der Waals surface area contributed by atoms with Crippen LogP contribution in [0.1, 0.15) is 54.4 Å². The van der Waals surface area contributed by atoms with Gasteiger partial charge in [-0.2, -0.15) is 0 Å². The van der Waals surface area contributed by atoms with Crippen molar-refractivity contribution in [3.63, 3.8) is 0 Å². The minimum Gasteiger partial charge on any atom is -0.508 e. The van der Waals surface area contributed by atoms with Crippen molar-refractivity contribution in [2.45, 2.75) is 57.5 Å². The van der Waals surface area contributed by atoms with Crippen molar-refractivity contribution in [2.75, 3.05) is 52.0 Å². The van der Waals surface area contributed by atoms with Crippen LogP contribution in [0.3, 0.4) is 0 Å². The second-order valence-electron chi connectivity index (χ2n) is 11.1. The standard InChI is InChI=1S/C34H44N2O4/c1-4-36(24-25-5-11-31(12-6-25)40-20-17-35(2)29-15-18-39-19-16-29)34-23-32(38-3)13-14-33(34)28-8-7-27-22-30(37)10-9-26(27)21-28/h5-6,9-14,22-23,28-29,37H,4,7-8,15-21,24H2,1-3H3/t28-/m1/s1. The van der Waals surface area contributed by atoms with Crippen LogP contribution in [0.15, 0.2) is 60.7 Å². The Morgan fingerprint density at radius 3 is 2.45 bits per heavy atom. The normalized spacial score (nSPS) is 17.4. The van der Waals surface area contributed by atoms with Gasteiger partial charge in [-0.1, -0.05) is 24.3 Å². The molecule has 6 nitrogen and oxygen atoms in total. The molecule has 0 radical (unpaired) electrons. The second-order valence-corrected chi connectivity index (χ2v) is 11.1. The molecule has 6 heteroatoms. The lowest BCUT2D eigenvalue weighted by Crippen LogP contribution is -2.38. The number of likely N-dealkylation sites (N-methyl/N-ethyl adjacent to an activating group) is 1. The van der Waals surface area contributed by atoms with Gasteiger partial charge in [-0.05, 0) is 105 Å². The van der Waals surface area contributed by atoms with Crippen LogP contribution in [0.25, 0.3) is 0 Å². The Kier molecular flexibility index (Phi) is 9.50. The van der Waals surface area contributed by atoms with E-state index in [-0.39, 0.29) is 0 Å². The van der Waals surface area contributed by atoms with Gasteiger partial charge in [0, 0.05) is 50.6 Å². The second kappa shape index (κ2) is 13.4. The van der Waals surface area contributed by atoms with Gasteiger partial charge >= 0.3 is 0 Å². The topological polar surface area (TPSA) is 54.4 Å². The van der Waals surface area contributed by atoms with E-state index in [1.807, 2.05) is 12.1 Å². The highest BCUT2D eigenvalue weighted by Gasteiger charge is 2.25. The molecule has 0 amide bonds. The number of hydrogen-bond acceptors (Lipinski definition) is 6. The fourth-order valence-electron chi connectivity index (χ4n) is 6.17. The monoisotopic (exact) mass is 544 g/mol. The van der Waals surface area contributed by atoms with Crippen LogP contribution in [-0.4, -0.2) is 63.1 Å². The van der Waals surface area contributed by atoms with Gasteiger partial charge in [0.1, 0.15) is 23.9 Å². The average molecular weight is 545 g/mol. The van der Waals surface area contributed by atoms with Gasteiger partial charge in [-0.25, -0.2) is 0 Å². The van der Waals surface area contributed by atoms with E-state index in [9.17, 15) is 5.11 Å². The molecule has 0 saturated carbocycles. The van der Waals surface area contributed by atoms with Crippen LogP contribution in [0, 0.1) is 0 Å². The highest BCUT2D eigenvalue weighted by atomic mass is 16.5. The SMILES string of the molecule is CCN(Cc1ccc(OCCN(C)C2CCOCC2)cc1)c1cc(OC)ccc1[C@@H]1CCc2cc(O)ccc2C1. The van der Waals surface area contributed by atoms with Crippen molar-refractivity contribution in [1.29, 1.82) is 0 Å². The number of anilines is 1. The van der Waals surface area contributed by atoms with Gasteiger partial charge in [0.15, 0.2) is 0 Å². The minimum atomic E-state index is 0.359. The summed E-state index contributed by atoms with van der Waals surface area (Å²) >= 11 is 0. The zero-order chi connectivity index (χ0) is 27.9. The maximum absolute atomic E-state index is 9.91. The fourth-order valence-corrected chi connectivity index (χ4v) is 6.17. The molecule has 0 spiro atoms. The van der Waals surface area contributed by atoms with E-state index in [0.717, 1.165) is 76.5 Å². The van der Waals surface area contributed by atoms with E-state index in [4.69, 9.17) is 14.2 Å². The molecule has 2 aliphatic rings. The number of ether oxygens (including phenoxy) is 3. The summed E-state index contributed by atoms with van der Waals surface area (Å²) in [5.74, 6) is 2.59. The summed E-state index contributed by atoms with van der Waals surface area (Å²) in [5.41, 5.74) is 6.48. The predicted octanol–water partition coefficient (Wildman–Crippen LogP) is 6.19. The Morgan fingerprint density at radius 2 is 1.70 bits per heavy atom. The third kappa shape index (κ3) is 6.91. The lowest BCUT2D eigenvalue weighted by molar-refractivity contribution is 0.0392. The van der Waals surface area contributed by atoms with E-state index < -0.39 is 0 Å². The van der Waals surface area contributed by atoms with Gasteiger partial charge in [-0.3, -0.25) is 4.90 Å². The molecule has 40 heavy (non-hydrogen) atoms. The van der Waals surface area contributed by atoms with Crippen LogP contribution in [0.2, 0.25) is 0 Å². The molecule has 1 aliphatic carbocycles. The van der Waals surface area contributed by atoms with Gasteiger partial charge in [-0.15, -0.1) is 0 Å². The number of phenolic OH excluding ortho intramolecular Hbond substituents is 1. The Morgan fingerprint density at radius 1 is 0.925 bits per heavy atom. The van der Waals surface area contributed by atoms with Crippen LogP contribution in [-0.2, 0) is 24.1 Å². The summed E-state index contributed by atoms with van der Waals surface area (Å²) in [5, 5.41) is 9.91. The molecule has 1 saturated heterocycles. The van der Waals surface area contributed by atoms with Crippen molar-refractivity contribution in [3.05, 3.63) is 82.9 Å². The Labute approximate surface area is 239 Å². The molecule has 214 valence electrons. The highest BCUT2D eigenvalue weighted by Crippen LogP contribution is 2.40. The van der Waals surface area contributed by atoms with Crippen molar-refractivity contribution in [3.8, 4) is 17.2 Å². The quantitative estimate of drug-likeness (QED) is 0.311. The maximum Gasteiger partial charge on any atom is 0.120 e. The summed E-state index contributed by atoms with van der Waals surface area (Å²) in [4.78, 5) is 4.85. The van der Waals surface area contributed by atoms with E-state index >= 15 is 0 Å². The first-order valence-corrected chi connectivity index (χ1v) is 14.8. The molecule has 1 fully saturated rings. The van der Waals surface area contributed by atoms with Gasteiger partial charge in [0.05, 0.1) is 7.11 Å². The van der Waals surface area contributed by atoms with Gasteiger partial charge < -0.3 is 24.2 Å². The van der Waals surface area contributed by atoms with E-state index in [0.29, 0.717) is 24.3 Å². The summed E-state index contributed by atoms with van der Waals surface area (Å²) < 4.78 is 17.2. The van der Waals surface area contributed by atoms with Crippen molar-refractivity contribution < 1.29 is 19.3 Å². The van der Waals surface area contributed by atoms with Gasteiger partial charge in [0.25, 0.3) is 0 Å². The lowest BCUT2D eigenvalue weighted by atomic mass is 9.79. The molecular formula is C34H44N2O4. The number of nitrogens with zero attached hydrogens (tertiary/aromatic N) is 2. The van der Waals surface area contributed by atoms with Crippen LogP contribution < -0.4 is 14.4 Å². The Bertz CT molecular complexity index is 1240. The number of aromatic hydroxyl groups is 1. The number of phenols is 1. The van der Waals surface area contributed by atoms with Crippen LogP contribution in [0.4, 0.5) is 5.69 Å². The summed E-state index contributed by atoms with van der Waals surface area (Å²) in [7, 11) is 3.92. The zero-order valence-corrected chi connectivity index (χ0v) is 24.3. The number of fused-ring (bicyclic) bond motifs is 1. The molecule has 3 aromatic carbocycles. The number of hydrogen-bond donors (Lipinski definition) is 1. The van der Waals surface area contributed by atoms with E-state index in [1.165, 1.54) is 27.9 Å². The molecule has 3 aromatic rings. The predicted molar refractivity (Wildman–Crippen MR) is 161 cm³/mol. The molecule has 0 aromatic heterocycles. The molecular weight excluding hydrogens is 500 g/mol. The first-order valence-electron chi connectivity index (χ1n) is 14.8. The number of benzene rings is 3. The largest absolute Gasteiger partial charge is 0.508 e. The third-order valence-corrected chi connectivity index (χ3v) is 8.64. The lowest BCUT2D eigenvalue weighted by Gasteiger charge is -2.32. The smallest absolute Gasteiger partial charge is 0.120 e. The van der Waals surface area contributed by atoms with Crippen molar-refractivity contribution in [1.82, 2.24) is 4.90 Å². The van der Waals surface area contributed by atoms with Gasteiger partial charge in [0.2, 0.25) is 0 Å². The summed E-state index contributed by atoms with van der Waals surface area (Å²) in [6.45, 7) is 7.27. The van der Waals surface area contributed by atoms with Crippen LogP contribution in [0.5, 0.6) is 17.2 Å². The zero-order valence-electron chi connectivity index (χ0n) is 24.3. The molecule has 1 aliphatic heterocycles. The van der Waals surface area contributed by atoms with Crippen molar-refractivity contribution in [2.24, 2.45) is 0 Å². The van der Waals surface area contributed by atoms with Crippen LogP contribution >= 0.6 is 0 Å². The molecule has 1 heterocycles. The molecule has 1 N–H and O–H groups in total. The number of rotatable bonds is 11.